The van der Waals surface area contributed by atoms with E-state index in [-0.39, 0.29) is 5.91 Å². The van der Waals surface area contributed by atoms with Gasteiger partial charge < -0.3 is 20.1 Å². The van der Waals surface area contributed by atoms with Crippen molar-refractivity contribution >= 4 is 40.4 Å². The molecule has 2 heterocycles. The van der Waals surface area contributed by atoms with Gasteiger partial charge in [-0.2, -0.15) is 0 Å². The summed E-state index contributed by atoms with van der Waals surface area (Å²) in [6.07, 6.45) is 2.52. The first kappa shape index (κ1) is 23.4. The first-order chi connectivity index (χ1) is 16.1. The highest BCUT2D eigenvalue weighted by atomic mass is 35.5. The molecule has 0 spiro atoms. The molecule has 7 nitrogen and oxygen atoms in total. The molecule has 0 aliphatic carbocycles. The van der Waals surface area contributed by atoms with E-state index in [1.54, 1.807) is 32.4 Å². The molecule has 1 aliphatic heterocycles. The summed E-state index contributed by atoms with van der Waals surface area (Å²) in [7, 11) is 3.34. The van der Waals surface area contributed by atoms with Gasteiger partial charge in [-0.1, -0.05) is 23.7 Å². The van der Waals surface area contributed by atoms with Crippen molar-refractivity contribution in [2.75, 3.05) is 51.0 Å². The molecule has 4 rings (SSSR count). The third-order valence-electron chi connectivity index (χ3n) is 5.45. The number of likely N-dealkylation sites (tertiary alicyclic amines) is 1. The van der Waals surface area contributed by atoms with E-state index in [0.29, 0.717) is 39.5 Å². The molecular formula is C24H27ClN4O3S. The largest absolute Gasteiger partial charge is 0.493 e. The molecule has 33 heavy (non-hydrogen) atoms. The first-order valence-electron chi connectivity index (χ1n) is 10.9. The normalized spacial score (nSPS) is 13.7. The minimum atomic E-state index is -0.248. The van der Waals surface area contributed by atoms with Crippen molar-refractivity contribution < 1.29 is 14.3 Å². The summed E-state index contributed by atoms with van der Waals surface area (Å²) in [4.78, 5) is 20.5. The summed E-state index contributed by atoms with van der Waals surface area (Å²) in [6.45, 7) is 3.77. The highest BCUT2D eigenvalue weighted by molar-refractivity contribution is 7.17. The SMILES string of the molecule is CNc1nc(-c2ccc(Cl)cc2)sc1C(=O)Nc1ccc(OCCN2CCCC2)c(OC)c1. The van der Waals surface area contributed by atoms with Crippen molar-refractivity contribution in [2.24, 2.45) is 0 Å². The number of ether oxygens (including phenoxy) is 2. The fraction of sp³-hybridized carbons (Fsp3) is 0.333. The predicted molar refractivity (Wildman–Crippen MR) is 134 cm³/mol. The van der Waals surface area contributed by atoms with Gasteiger partial charge in [-0.15, -0.1) is 11.3 Å². The molecule has 0 unspecified atom stereocenters. The van der Waals surface area contributed by atoms with Crippen LogP contribution >= 0.6 is 22.9 Å². The minimum absolute atomic E-state index is 0.248. The summed E-state index contributed by atoms with van der Waals surface area (Å²) in [5, 5.41) is 7.33. The molecule has 0 bridgehead atoms. The van der Waals surface area contributed by atoms with Crippen molar-refractivity contribution in [2.45, 2.75) is 12.8 Å². The average molecular weight is 487 g/mol. The number of nitrogens with zero attached hydrogens (tertiary/aromatic N) is 2. The zero-order chi connectivity index (χ0) is 23.2. The molecule has 2 aromatic carbocycles. The van der Waals surface area contributed by atoms with Crippen LogP contribution in [0.15, 0.2) is 42.5 Å². The number of nitrogens with one attached hydrogen (secondary N) is 2. The molecular weight excluding hydrogens is 460 g/mol. The zero-order valence-electron chi connectivity index (χ0n) is 18.7. The summed E-state index contributed by atoms with van der Waals surface area (Å²) in [6, 6.07) is 12.8. The predicted octanol–water partition coefficient (Wildman–Crippen LogP) is 5.24. The quantitative estimate of drug-likeness (QED) is 0.430. The Balaban J connectivity index is 1.44. The Morgan fingerprint density at radius 1 is 1.15 bits per heavy atom. The molecule has 1 aliphatic rings. The lowest BCUT2D eigenvalue weighted by Crippen LogP contribution is -2.25. The Labute approximate surface area is 202 Å². The average Bonchev–Trinajstić information content (AvgIpc) is 3.50. The van der Waals surface area contributed by atoms with Crippen molar-refractivity contribution in [1.82, 2.24) is 9.88 Å². The number of carbonyl (C=O) groups is 1. The van der Waals surface area contributed by atoms with E-state index in [9.17, 15) is 4.79 Å². The second kappa shape index (κ2) is 10.9. The van der Waals surface area contributed by atoms with Crippen LogP contribution in [0.2, 0.25) is 5.02 Å². The maximum Gasteiger partial charge on any atom is 0.269 e. The highest BCUT2D eigenvalue weighted by Crippen LogP contribution is 2.34. The second-order valence-corrected chi connectivity index (χ2v) is 9.11. The first-order valence-corrected chi connectivity index (χ1v) is 12.1. The zero-order valence-corrected chi connectivity index (χ0v) is 20.3. The molecule has 0 saturated carbocycles. The van der Waals surface area contributed by atoms with Crippen LogP contribution in [0.3, 0.4) is 0 Å². The Hall–Kier alpha value is -2.81. The topological polar surface area (TPSA) is 75.7 Å². The van der Waals surface area contributed by atoms with Gasteiger partial charge in [0.25, 0.3) is 5.91 Å². The monoisotopic (exact) mass is 486 g/mol. The number of rotatable bonds is 9. The van der Waals surface area contributed by atoms with Crippen LogP contribution in [-0.4, -0.2) is 56.2 Å². The summed E-state index contributed by atoms with van der Waals surface area (Å²) in [5.41, 5.74) is 1.52. The van der Waals surface area contributed by atoms with E-state index < -0.39 is 0 Å². The van der Waals surface area contributed by atoms with Gasteiger partial charge in [0.1, 0.15) is 16.5 Å². The molecule has 1 fully saturated rings. The number of halogens is 1. The van der Waals surface area contributed by atoms with Gasteiger partial charge in [0.05, 0.1) is 7.11 Å². The molecule has 1 saturated heterocycles. The van der Waals surface area contributed by atoms with E-state index in [2.05, 4.69) is 20.5 Å². The Morgan fingerprint density at radius 3 is 2.61 bits per heavy atom. The minimum Gasteiger partial charge on any atom is -0.493 e. The van der Waals surface area contributed by atoms with Gasteiger partial charge in [0.2, 0.25) is 0 Å². The Bertz CT molecular complexity index is 1100. The van der Waals surface area contributed by atoms with Gasteiger partial charge in [0.15, 0.2) is 17.3 Å². The molecule has 9 heteroatoms. The standard InChI is InChI=1S/C24H27ClN4O3S/c1-26-22-21(33-24(28-22)16-5-7-17(25)8-6-16)23(30)27-18-9-10-19(20(15-18)31-2)32-14-13-29-11-3-4-12-29/h5-10,15,26H,3-4,11-14H2,1-2H3,(H,27,30). The molecule has 174 valence electrons. The summed E-state index contributed by atoms with van der Waals surface area (Å²) < 4.78 is 11.4. The van der Waals surface area contributed by atoms with Crippen LogP contribution < -0.4 is 20.1 Å². The van der Waals surface area contributed by atoms with Crippen molar-refractivity contribution in [1.29, 1.82) is 0 Å². The number of hydrogen-bond donors (Lipinski definition) is 2. The van der Waals surface area contributed by atoms with Crippen molar-refractivity contribution in [3.05, 3.63) is 52.4 Å². The summed E-state index contributed by atoms with van der Waals surface area (Å²) >= 11 is 7.30. The lowest BCUT2D eigenvalue weighted by Gasteiger charge is -2.16. The number of hydrogen-bond acceptors (Lipinski definition) is 7. The Kier molecular flexibility index (Phi) is 7.69. The van der Waals surface area contributed by atoms with Crippen LogP contribution in [0.1, 0.15) is 22.5 Å². The number of carbonyl (C=O) groups excluding carboxylic acids is 1. The third kappa shape index (κ3) is 5.76. The van der Waals surface area contributed by atoms with E-state index in [4.69, 9.17) is 21.1 Å². The maximum absolute atomic E-state index is 13.0. The lowest BCUT2D eigenvalue weighted by atomic mass is 10.2. The highest BCUT2D eigenvalue weighted by Gasteiger charge is 2.19. The number of thiazole rings is 1. The second-order valence-electron chi connectivity index (χ2n) is 7.67. The molecule has 0 atom stereocenters. The van der Waals surface area contributed by atoms with Crippen LogP contribution in [0.25, 0.3) is 10.6 Å². The molecule has 1 amide bonds. The number of aromatic nitrogens is 1. The van der Waals surface area contributed by atoms with Gasteiger partial charge in [-0.05, 0) is 50.2 Å². The molecule has 2 N–H and O–H groups in total. The fourth-order valence-corrected chi connectivity index (χ4v) is 4.80. The molecule has 0 radical (unpaired) electrons. The van der Waals surface area contributed by atoms with Crippen molar-refractivity contribution in [3.63, 3.8) is 0 Å². The van der Waals surface area contributed by atoms with Crippen molar-refractivity contribution in [3.8, 4) is 22.1 Å². The van der Waals surface area contributed by atoms with Gasteiger partial charge in [0, 0.05) is 35.9 Å². The summed E-state index contributed by atoms with van der Waals surface area (Å²) in [5.74, 6) is 1.51. The van der Waals surface area contributed by atoms with Gasteiger partial charge >= 0.3 is 0 Å². The number of benzene rings is 2. The van der Waals surface area contributed by atoms with Gasteiger partial charge in [-0.3, -0.25) is 9.69 Å². The maximum atomic E-state index is 13.0. The van der Waals surface area contributed by atoms with E-state index in [1.807, 2.05) is 24.3 Å². The van der Waals surface area contributed by atoms with Crippen LogP contribution in [-0.2, 0) is 0 Å². The number of amides is 1. The fourth-order valence-electron chi connectivity index (χ4n) is 3.70. The Morgan fingerprint density at radius 2 is 1.91 bits per heavy atom. The molecule has 3 aromatic rings. The third-order valence-corrected chi connectivity index (χ3v) is 6.80. The molecule has 1 aromatic heterocycles. The van der Waals surface area contributed by atoms with Crippen LogP contribution in [0, 0.1) is 0 Å². The van der Waals surface area contributed by atoms with Gasteiger partial charge in [-0.25, -0.2) is 4.98 Å². The van der Waals surface area contributed by atoms with Crippen LogP contribution in [0.5, 0.6) is 11.5 Å². The smallest absolute Gasteiger partial charge is 0.269 e. The van der Waals surface area contributed by atoms with Crippen LogP contribution in [0.4, 0.5) is 11.5 Å². The lowest BCUT2D eigenvalue weighted by molar-refractivity contribution is 0.103. The number of anilines is 2. The van der Waals surface area contributed by atoms with E-state index in [1.165, 1.54) is 24.2 Å². The van der Waals surface area contributed by atoms with E-state index >= 15 is 0 Å². The van der Waals surface area contributed by atoms with E-state index in [0.717, 1.165) is 30.2 Å². The number of methoxy groups -OCH3 is 1.